The predicted octanol–water partition coefficient (Wildman–Crippen LogP) is 3.55. The van der Waals surface area contributed by atoms with Gasteiger partial charge in [-0.05, 0) is 32.0 Å². The van der Waals surface area contributed by atoms with Crippen LogP contribution in [0.15, 0.2) is 28.8 Å². The number of aryl methyl sites for hydroxylation is 2. The molecule has 0 amide bonds. The zero-order valence-corrected chi connectivity index (χ0v) is 12.4. The van der Waals surface area contributed by atoms with Crippen LogP contribution in [-0.4, -0.2) is 21.7 Å². The first kappa shape index (κ1) is 13.5. The molecular weight excluding hydrogens is 266 g/mol. The van der Waals surface area contributed by atoms with Crippen molar-refractivity contribution in [3.05, 3.63) is 35.7 Å². The summed E-state index contributed by atoms with van der Waals surface area (Å²) in [5.41, 5.74) is 2.84. The van der Waals surface area contributed by atoms with Crippen LogP contribution in [0, 0.1) is 6.92 Å². The van der Waals surface area contributed by atoms with E-state index in [0.29, 0.717) is 30.6 Å². The number of hydrogen-bond acceptors (Lipinski definition) is 5. The van der Waals surface area contributed by atoms with Crippen LogP contribution in [0.2, 0.25) is 0 Å². The van der Waals surface area contributed by atoms with Crippen LogP contribution in [-0.2, 0) is 6.42 Å². The summed E-state index contributed by atoms with van der Waals surface area (Å²) in [5.74, 6) is 1.67. The lowest BCUT2D eigenvalue weighted by atomic mass is 10.1. The summed E-state index contributed by atoms with van der Waals surface area (Å²) < 4.78 is 10.8. The molecule has 108 valence electrons. The Bertz CT molecular complexity index is 780. The molecule has 0 spiro atoms. The Kier molecular flexibility index (Phi) is 3.56. The molecule has 0 saturated heterocycles. The van der Waals surface area contributed by atoms with E-state index in [1.54, 1.807) is 0 Å². The normalized spacial score (nSPS) is 11.0. The van der Waals surface area contributed by atoms with Crippen molar-refractivity contribution in [2.45, 2.75) is 27.2 Å². The smallest absolute Gasteiger partial charge is 0.226 e. The molecule has 2 heterocycles. The summed E-state index contributed by atoms with van der Waals surface area (Å²) in [5, 5.41) is 5.06. The number of nitrogens with zero attached hydrogens (tertiary/aromatic N) is 3. The first-order valence-electron chi connectivity index (χ1n) is 7.08. The van der Waals surface area contributed by atoms with E-state index in [-0.39, 0.29) is 0 Å². The molecule has 5 nitrogen and oxygen atoms in total. The van der Waals surface area contributed by atoms with Crippen LogP contribution >= 0.6 is 0 Å². The van der Waals surface area contributed by atoms with Crippen molar-refractivity contribution in [1.82, 2.24) is 15.1 Å². The molecule has 0 radical (unpaired) electrons. The molecule has 3 aromatic rings. The fraction of sp³-hybridized carbons (Fsp3) is 0.312. The maximum Gasteiger partial charge on any atom is 0.226 e. The standard InChI is InChI=1S/C16H17N3O2/c1-4-14-18-15(19-21-14)12-9-11-8-10(3)6-7-13(11)17-16(12)20-5-2/h6-9H,4-5H2,1-3H3. The van der Waals surface area contributed by atoms with E-state index in [0.717, 1.165) is 16.5 Å². The highest BCUT2D eigenvalue weighted by Crippen LogP contribution is 2.30. The quantitative estimate of drug-likeness (QED) is 0.732. The average Bonchev–Trinajstić information content (AvgIpc) is 2.96. The Labute approximate surface area is 123 Å². The zero-order valence-electron chi connectivity index (χ0n) is 12.4. The highest BCUT2D eigenvalue weighted by molar-refractivity contribution is 5.85. The molecule has 1 aromatic carbocycles. The molecule has 2 aromatic heterocycles. The lowest BCUT2D eigenvalue weighted by Gasteiger charge is -2.08. The molecule has 0 saturated carbocycles. The summed E-state index contributed by atoms with van der Waals surface area (Å²) in [6.07, 6.45) is 0.705. The Balaban J connectivity index is 2.19. The second-order valence-corrected chi connectivity index (χ2v) is 4.84. The minimum absolute atomic E-state index is 0.520. The van der Waals surface area contributed by atoms with Crippen molar-refractivity contribution in [2.75, 3.05) is 6.61 Å². The fourth-order valence-corrected chi connectivity index (χ4v) is 2.19. The summed E-state index contributed by atoms with van der Waals surface area (Å²) in [6.45, 7) is 6.50. The minimum atomic E-state index is 0.520. The number of benzene rings is 1. The molecule has 21 heavy (non-hydrogen) atoms. The maximum absolute atomic E-state index is 5.64. The van der Waals surface area contributed by atoms with Crippen molar-refractivity contribution in [3.63, 3.8) is 0 Å². The molecule has 0 atom stereocenters. The number of aromatic nitrogens is 3. The molecule has 3 rings (SSSR count). The van der Waals surface area contributed by atoms with Gasteiger partial charge in [-0.1, -0.05) is 23.7 Å². The fourth-order valence-electron chi connectivity index (χ4n) is 2.19. The summed E-state index contributed by atoms with van der Waals surface area (Å²) in [7, 11) is 0. The lowest BCUT2D eigenvalue weighted by molar-refractivity contribution is 0.329. The number of ether oxygens (including phenoxy) is 1. The highest BCUT2D eigenvalue weighted by atomic mass is 16.5. The summed E-state index contributed by atoms with van der Waals surface area (Å²) >= 11 is 0. The van der Waals surface area contributed by atoms with Gasteiger partial charge in [0.15, 0.2) is 0 Å². The second-order valence-electron chi connectivity index (χ2n) is 4.84. The van der Waals surface area contributed by atoms with Gasteiger partial charge in [0.2, 0.25) is 17.6 Å². The third-order valence-electron chi connectivity index (χ3n) is 3.23. The van der Waals surface area contributed by atoms with Crippen LogP contribution in [0.4, 0.5) is 0 Å². The first-order valence-corrected chi connectivity index (χ1v) is 7.08. The van der Waals surface area contributed by atoms with Crippen molar-refractivity contribution in [3.8, 4) is 17.3 Å². The molecule has 0 aliphatic rings. The van der Waals surface area contributed by atoms with Crippen LogP contribution in [0.3, 0.4) is 0 Å². The third kappa shape index (κ3) is 2.59. The van der Waals surface area contributed by atoms with Crippen LogP contribution in [0.25, 0.3) is 22.3 Å². The number of fused-ring (bicyclic) bond motifs is 1. The highest BCUT2D eigenvalue weighted by Gasteiger charge is 2.15. The van der Waals surface area contributed by atoms with Crippen LogP contribution in [0.5, 0.6) is 5.88 Å². The van der Waals surface area contributed by atoms with E-state index in [2.05, 4.69) is 28.1 Å². The number of pyridine rings is 1. The first-order chi connectivity index (χ1) is 10.2. The van der Waals surface area contributed by atoms with Gasteiger partial charge >= 0.3 is 0 Å². The average molecular weight is 283 g/mol. The predicted molar refractivity (Wildman–Crippen MR) is 80.3 cm³/mol. The topological polar surface area (TPSA) is 61.0 Å². The van der Waals surface area contributed by atoms with Crippen LogP contribution in [0.1, 0.15) is 25.3 Å². The largest absolute Gasteiger partial charge is 0.477 e. The minimum Gasteiger partial charge on any atom is -0.477 e. The van der Waals surface area contributed by atoms with Gasteiger partial charge < -0.3 is 9.26 Å². The van der Waals surface area contributed by atoms with Crippen LogP contribution < -0.4 is 4.74 Å². The Morgan fingerprint density at radius 1 is 1.14 bits per heavy atom. The number of rotatable bonds is 4. The SMILES string of the molecule is CCOc1nc2ccc(C)cc2cc1-c1noc(CC)n1. The molecule has 0 aliphatic carbocycles. The summed E-state index contributed by atoms with van der Waals surface area (Å²) in [4.78, 5) is 8.95. The van der Waals surface area contributed by atoms with Gasteiger partial charge in [-0.2, -0.15) is 4.98 Å². The Hall–Kier alpha value is -2.43. The van der Waals surface area contributed by atoms with E-state index in [1.807, 2.05) is 32.0 Å². The van der Waals surface area contributed by atoms with Crippen molar-refractivity contribution < 1.29 is 9.26 Å². The molecule has 0 bridgehead atoms. The zero-order chi connectivity index (χ0) is 14.8. The Morgan fingerprint density at radius 3 is 2.71 bits per heavy atom. The molecule has 0 N–H and O–H groups in total. The lowest BCUT2D eigenvalue weighted by Crippen LogP contribution is -1.98. The molecule has 5 heteroatoms. The van der Waals surface area contributed by atoms with Gasteiger partial charge in [-0.25, -0.2) is 4.98 Å². The van der Waals surface area contributed by atoms with Gasteiger partial charge in [-0.3, -0.25) is 0 Å². The van der Waals surface area contributed by atoms with Gasteiger partial charge in [-0.15, -0.1) is 0 Å². The third-order valence-corrected chi connectivity index (χ3v) is 3.23. The van der Waals surface area contributed by atoms with Crippen molar-refractivity contribution in [1.29, 1.82) is 0 Å². The second kappa shape index (κ2) is 5.52. The van der Waals surface area contributed by atoms with E-state index in [4.69, 9.17) is 9.26 Å². The monoisotopic (exact) mass is 283 g/mol. The Morgan fingerprint density at radius 2 is 2.00 bits per heavy atom. The van der Waals surface area contributed by atoms with E-state index in [9.17, 15) is 0 Å². The molecule has 0 fully saturated rings. The maximum atomic E-state index is 5.64. The van der Waals surface area contributed by atoms with E-state index in [1.165, 1.54) is 5.56 Å². The molecular formula is C16H17N3O2. The van der Waals surface area contributed by atoms with Gasteiger partial charge in [0.1, 0.15) is 0 Å². The van der Waals surface area contributed by atoms with Gasteiger partial charge in [0, 0.05) is 11.8 Å². The molecule has 0 unspecified atom stereocenters. The van der Waals surface area contributed by atoms with Gasteiger partial charge in [0.25, 0.3) is 0 Å². The van der Waals surface area contributed by atoms with Crippen molar-refractivity contribution >= 4 is 10.9 Å². The van der Waals surface area contributed by atoms with Crippen molar-refractivity contribution in [2.24, 2.45) is 0 Å². The van der Waals surface area contributed by atoms with E-state index >= 15 is 0 Å². The summed E-state index contributed by atoms with van der Waals surface area (Å²) in [6, 6.07) is 8.12. The number of hydrogen-bond donors (Lipinski definition) is 0. The van der Waals surface area contributed by atoms with E-state index < -0.39 is 0 Å². The molecule has 0 aliphatic heterocycles. The van der Waals surface area contributed by atoms with Gasteiger partial charge in [0.05, 0.1) is 17.7 Å².